The number of carbonyl (C=O) groups excluding carboxylic acids is 1. The van der Waals surface area contributed by atoms with E-state index in [0.717, 1.165) is 21.6 Å². The molecule has 1 amide bonds. The number of nitrogens with one attached hydrogen (secondary N) is 1. The highest BCUT2D eigenvalue weighted by atomic mass is 32.2. The van der Waals surface area contributed by atoms with Crippen molar-refractivity contribution in [3.05, 3.63) is 74.5 Å². The molecule has 1 heterocycles. The van der Waals surface area contributed by atoms with Crippen molar-refractivity contribution in [2.24, 2.45) is 4.40 Å². The van der Waals surface area contributed by atoms with Gasteiger partial charge in [-0.15, -0.1) is 4.40 Å². The van der Waals surface area contributed by atoms with Gasteiger partial charge in [-0.05, 0) is 25.1 Å². The van der Waals surface area contributed by atoms with Gasteiger partial charge in [0.25, 0.3) is 15.7 Å². The molecule has 12 heteroatoms. The molecule has 0 aliphatic carbocycles. The summed E-state index contributed by atoms with van der Waals surface area (Å²) in [4.78, 5) is 22.8. The van der Waals surface area contributed by atoms with Crippen molar-refractivity contribution in [1.82, 2.24) is 9.78 Å². The third-order valence-corrected chi connectivity index (χ3v) is 5.86. The first-order valence-corrected chi connectivity index (χ1v) is 10.5. The zero-order chi connectivity index (χ0) is 21.0. The molecule has 0 bridgehead atoms. The van der Waals surface area contributed by atoms with Crippen LogP contribution in [0, 0.1) is 17.0 Å². The summed E-state index contributed by atoms with van der Waals surface area (Å²) in [6.45, 7) is 1.47. The lowest BCUT2D eigenvalue weighted by Crippen LogP contribution is -2.27. The van der Waals surface area contributed by atoms with Crippen molar-refractivity contribution < 1.29 is 18.1 Å². The molecule has 0 aliphatic rings. The van der Waals surface area contributed by atoms with E-state index in [9.17, 15) is 23.3 Å². The van der Waals surface area contributed by atoms with E-state index >= 15 is 0 Å². The molecule has 0 radical (unpaired) electrons. The summed E-state index contributed by atoms with van der Waals surface area (Å²) in [7, 11) is -3.98. The number of nitro groups is 1. The fourth-order valence-electron chi connectivity index (χ4n) is 2.34. The summed E-state index contributed by atoms with van der Waals surface area (Å²) in [5.41, 5.74) is 2.03. The summed E-state index contributed by atoms with van der Waals surface area (Å²) in [6, 6.07) is 11.9. The fourth-order valence-corrected chi connectivity index (χ4v) is 4.19. The van der Waals surface area contributed by atoms with E-state index in [0.29, 0.717) is 0 Å². The van der Waals surface area contributed by atoms with E-state index < -0.39 is 20.9 Å². The normalized spacial score (nSPS) is 12.0. The zero-order valence-corrected chi connectivity index (χ0v) is 16.7. The molecule has 2 aromatic carbocycles. The van der Waals surface area contributed by atoms with Gasteiger partial charge in [-0.3, -0.25) is 14.9 Å². The maximum absolute atomic E-state index is 12.5. The Morgan fingerprint density at radius 1 is 1.24 bits per heavy atom. The number of sulfonamides is 1. The van der Waals surface area contributed by atoms with Crippen LogP contribution in [-0.4, -0.2) is 29.0 Å². The molecular weight excluding hydrogens is 418 g/mol. The summed E-state index contributed by atoms with van der Waals surface area (Å²) in [5, 5.41) is 17.4. The highest BCUT2D eigenvalue weighted by Gasteiger charge is 2.17. The first kappa shape index (κ1) is 20.4. The van der Waals surface area contributed by atoms with Crippen LogP contribution in [0.2, 0.25) is 0 Å². The minimum atomic E-state index is -3.98. The number of aromatic nitrogens is 2. The first-order chi connectivity index (χ1) is 13.8. The molecule has 0 saturated carbocycles. The van der Waals surface area contributed by atoms with Crippen molar-refractivity contribution in [3.63, 3.8) is 0 Å². The molecule has 0 fully saturated rings. The van der Waals surface area contributed by atoms with Gasteiger partial charge in [0.1, 0.15) is 17.7 Å². The van der Waals surface area contributed by atoms with Crippen molar-refractivity contribution >= 4 is 38.6 Å². The summed E-state index contributed by atoms with van der Waals surface area (Å²) in [6.07, 6.45) is 0. The number of rotatable bonds is 6. The van der Waals surface area contributed by atoms with Gasteiger partial charge in [-0.1, -0.05) is 41.2 Å². The molecule has 150 valence electrons. The van der Waals surface area contributed by atoms with Crippen LogP contribution in [0.1, 0.15) is 5.56 Å². The molecule has 0 spiro atoms. The van der Waals surface area contributed by atoms with Gasteiger partial charge in [0, 0.05) is 6.07 Å². The maximum atomic E-state index is 12.5. The Bertz CT molecular complexity index is 1230. The van der Waals surface area contributed by atoms with E-state index in [1.807, 2.05) is 6.92 Å². The van der Waals surface area contributed by atoms with Gasteiger partial charge in [-0.25, -0.2) is 4.68 Å². The van der Waals surface area contributed by atoms with Crippen LogP contribution in [0.5, 0.6) is 0 Å². The third kappa shape index (κ3) is 4.92. The Morgan fingerprint density at radius 3 is 2.62 bits per heavy atom. The molecule has 1 aromatic heterocycles. The standard InChI is InChI=1S/C17H15N5O5S2/c1-12-6-8-13(9-7-12)29(26,27)20-17-21(18-11-28-17)10-16(23)19-14-4-2-3-5-15(14)22(24)25/h2-9,11H,10H2,1H3,(H,19,23). The second-order valence-electron chi connectivity index (χ2n) is 5.88. The lowest BCUT2D eigenvalue weighted by atomic mass is 10.2. The van der Waals surface area contributed by atoms with Gasteiger partial charge >= 0.3 is 0 Å². The largest absolute Gasteiger partial charge is 0.319 e. The van der Waals surface area contributed by atoms with Crippen LogP contribution in [0.3, 0.4) is 0 Å². The Labute approximate surface area is 169 Å². The average molecular weight is 433 g/mol. The predicted octanol–water partition coefficient (Wildman–Crippen LogP) is 2.09. The van der Waals surface area contributed by atoms with Crippen molar-refractivity contribution in [1.29, 1.82) is 0 Å². The minimum Gasteiger partial charge on any atom is -0.319 e. The predicted molar refractivity (Wildman–Crippen MR) is 106 cm³/mol. The van der Waals surface area contributed by atoms with Crippen LogP contribution < -0.4 is 10.1 Å². The topological polar surface area (TPSA) is 137 Å². The number of para-hydroxylation sites is 2. The maximum Gasteiger partial charge on any atom is 0.292 e. The van der Waals surface area contributed by atoms with Crippen molar-refractivity contribution in [3.8, 4) is 0 Å². The Hall–Kier alpha value is -3.38. The van der Waals surface area contributed by atoms with Gasteiger partial charge in [0.2, 0.25) is 10.7 Å². The van der Waals surface area contributed by atoms with Crippen LogP contribution >= 0.6 is 11.3 Å². The lowest BCUT2D eigenvalue weighted by Gasteiger charge is -2.06. The third-order valence-electron chi connectivity index (χ3n) is 3.75. The zero-order valence-electron chi connectivity index (χ0n) is 15.0. The summed E-state index contributed by atoms with van der Waals surface area (Å²) < 4.78 is 29.8. The molecule has 0 atom stereocenters. The smallest absolute Gasteiger partial charge is 0.292 e. The number of anilines is 1. The molecule has 29 heavy (non-hydrogen) atoms. The van der Waals surface area contributed by atoms with E-state index in [1.165, 1.54) is 35.8 Å². The molecule has 3 aromatic rings. The minimum absolute atomic E-state index is 0.00304. The average Bonchev–Trinajstić information content (AvgIpc) is 3.08. The molecule has 3 rings (SSSR count). The quantitative estimate of drug-likeness (QED) is 0.467. The number of hydrogen-bond donors (Lipinski definition) is 1. The van der Waals surface area contributed by atoms with Gasteiger partial charge in [0.15, 0.2) is 0 Å². The second kappa shape index (κ2) is 8.32. The SMILES string of the molecule is Cc1ccc(S(=O)(=O)N=c2scnn2CC(=O)Nc2ccccc2[N+](=O)[O-])cc1. The molecular formula is C17H15N5O5S2. The molecule has 10 nitrogen and oxygen atoms in total. The molecule has 0 unspecified atom stereocenters. The number of nitrogens with zero attached hydrogens (tertiary/aromatic N) is 4. The Morgan fingerprint density at radius 2 is 1.93 bits per heavy atom. The lowest BCUT2D eigenvalue weighted by molar-refractivity contribution is -0.383. The molecule has 0 saturated heterocycles. The number of benzene rings is 2. The Kier molecular flexibility index (Phi) is 5.84. The molecule has 1 N–H and O–H groups in total. The first-order valence-electron chi connectivity index (χ1n) is 8.18. The van der Waals surface area contributed by atoms with Gasteiger partial charge in [0.05, 0.1) is 9.82 Å². The number of carbonyl (C=O) groups is 1. The van der Waals surface area contributed by atoms with E-state index in [2.05, 4.69) is 14.8 Å². The summed E-state index contributed by atoms with van der Waals surface area (Å²) in [5.74, 6) is -0.612. The fraction of sp³-hybridized carbons (Fsp3) is 0.118. The number of hydrogen-bond acceptors (Lipinski definition) is 7. The van der Waals surface area contributed by atoms with E-state index in [4.69, 9.17) is 0 Å². The van der Waals surface area contributed by atoms with Gasteiger partial charge < -0.3 is 5.32 Å². The van der Waals surface area contributed by atoms with Crippen molar-refractivity contribution in [2.45, 2.75) is 18.4 Å². The van der Waals surface area contributed by atoms with Gasteiger partial charge in [-0.2, -0.15) is 13.5 Å². The number of amides is 1. The second-order valence-corrected chi connectivity index (χ2v) is 8.30. The highest BCUT2D eigenvalue weighted by Crippen LogP contribution is 2.23. The van der Waals surface area contributed by atoms with Crippen LogP contribution in [0.15, 0.2) is 63.3 Å². The summed E-state index contributed by atoms with van der Waals surface area (Å²) >= 11 is 0.948. The van der Waals surface area contributed by atoms with Crippen LogP contribution in [0.25, 0.3) is 0 Å². The monoisotopic (exact) mass is 433 g/mol. The molecule has 0 aliphatic heterocycles. The number of aryl methyl sites for hydroxylation is 1. The number of nitro benzene ring substituents is 1. The van der Waals surface area contributed by atoms with Crippen molar-refractivity contribution in [2.75, 3.05) is 5.32 Å². The van der Waals surface area contributed by atoms with Crippen LogP contribution in [-0.2, 0) is 21.4 Å². The van der Waals surface area contributed by atoms with E-state index in [1.54, 1.807) is 18.2 Å². The van der Waals surface area contributed by atoms with Crippen LogP contribution in [0.4, 0.5) is 11.4 Å². The van der Waals surface area contributed by atoms with E-state index in [-0.39, 0.29) is 27.6 Å². The highest BCUT2D eigenvalue weighted by molar-refractivity contribution is 7.90. The Balaban J connectivity index is 1.84.